The van der Waals surface area contributed by atoms with Crippen molar-refractivity contribution >= 4 is 11.8 Å². The fourth-order valence-corrected chi connectivity index (χ4v) is 1.69. The molecule has 1 aliphatic heterocycles. The SMILES string of the molecule is CCOCC(=O)N1CCC(C(N)=O)CC1. The van der Waals surface area contributed by atoms with E-state index < -0.39 is 0 Å². The van der Waals surface area contributed by atoms with Crippen LogP contribution in [-0.4, -0.2) is 43.0 Å². The molecule has 0 spiro atoms. The number of ether oxygens (including phenoxy) is 1. The van der Waals surface area contributed by atoms with Crippen molar-refractivity contribution < 1.29 is 14.3 Å². The van der Waals surface area contributed by atoms with Gasteiger partial charge in [-0.15, -0.1) is 0 Å². The van der Waals surface area contributed by atoms with Gasteiger partial charge in [0.25, 0.3) is 0 Å². The van der Waals surface area contributed by atoms with Gasteiger partial charge in [0.05, 0.1) is 0 Å². The van der Waals surface area contributed by atoms with Gasteiger partial charge in [-0.3, -0.25) is 9.59 Å². The number of nitrogens with two attached hydrogens (primary N) is 1. The lowest BCUT2D eigenvalue weighted by Gasteiger charge is -2.30. The Morgan fingerprint density at radius 1 is 1.40 bits per heavy atom. The molecule has 0 unspecified atom stereocenters. The Hall–Kier alpha value is -1.10. The average Bonchev–Trinajstić information content (AvgIpc) is 2.26. The van der Waals surface area contributed by atoms with E-state index >= 15 is 0 Å². The summed E-state index contributed by atoms with van der Waals surface area (Å²) in [6, 6.07) is 0. The molecular weight excluding hydrogens is 196 g/mol. The van der Waals surface area contributed by atoms with Crippen molar-refractivity contribution in [1.82, 2.24) is 4.90 Å². The molecule has 5 heteroatoms. The van der Waals surface area contributed by atoms with Gasteiger partial charge in [-0.25, -0.2) is 0 Å². The number of rotatable bonds is 4. The number of likely N-dealkylation sites (tertiary alicyclic amines) is 1. The predicted octanol–water partition coefficient (Wildman–Crippen LogP) is -0.253. The van der Waals surface area contributed by atoms with Crippen LogP contribution in [-0.2, 0) is 14.3 Å². The number of hydrogen-bond acceptors (Lipinski definition) is 3. The molecular formula is C10H18N2O3. The highest BCUT2D eigenvalue weighted by Gasteiger charge is 2.25. The van der Waals surface area contributed by atoms with Crippen molar-refractivity contribution in [2.75, 3.05) is 26.3 Å². The molecule has 1 heterocycles. The number of piperidine rings is 1. The maximum Gasteiger partial charge on any atom is 0.248 e. The third kappa shape index (κ3) is 3.51. The van der Waals surface area contributed by atoms with E-state index in [2.05, 4.69) is 0 Å². The van der Waals surface area contributed by atoms with Gasteiger partial charge in [-0.1, -0.05) is 0 Å². The van der Waals surface area contributed by atoms with Crippen molar-refractivity contribution in [3.63, 3.8) is 0 Å². The third-order valence-corrected chi connectivity index (χ3v) is 2.68. The molecule has 1 aliphatic rings. The van der Waals surface area contributed by atoms with Gasteiger partial charge >= 0.3 is 0 Å². The molecule has 86 valence electrons. The van der Waals surface area contributed by atoms with E-state index in [4.69, 9.17) is 10.5 Å². The monoisotopic (exact) mass is 214 g/mol. The van der Waals surface area contributed by atoms with Gasteiger partial charge < -0.3 is 15.4 Å². The largest absolute Gasteiger partial charge is 0.372 e. The highest BCUT2D eigenvalue weighted by Crippen LogP contribution is 2.16. The topological polar surface area (TPSA) is 72.6 Å². The molecule has 0 aromatic heterocycles. The Balaban J connectivity index is 2.30. The summed E-state index contributed by atoms with van der Waals surface area (Å²) in [6.45, 7) is 3.76. The van der Waals surface area contributed by atoms with Crippen LogP contribution in [0.4, 0.5) is 0 Å². The standard InChI is InChI=1S/C10H18N2O3/c1-2-15-7-9(13)12-5-3-8(4-6-12)10(11)14/h8H,2-7H2,1H3,(H2,11,14). The number of hydrogen-bond donors (Lipinski definition) is 1. The Morgan fingerprint density at radius 2 is 2.00 bits per heavy atom. The number of carbonyl (C=O) groups excluding carboxylic acids is 2. The highest BCUT2D eigenvalue weighted by atomic mass is 16.5. The highest BCUT2D eigenvalue weighted by molar-refractivity contribution is 5.79. The molecule has 0 aromatic rings. The van der Waals surface area contributed by atoms with Crippen molar-refractivity contribution in [3.05, 3.63) is 0 Å². The van der Waals surface area contributed by atoms with Crippen molar-refractivity contribution in [2.45, 2.75) is 19.8 Å². The van der Waals surface area contributed by atoms with Crippen LogP contribution in [0.25, 0.3) is 0 Å². The first kappa shape index (κ1) is 12.0. The summed E-state index contributed by atoms with van der Waals surface area (Å²) in [4.78, 5) is 24.1. The van der Waals surface area contributed by atoms with E-state index in [1.807, 2.05) is 6.92 Å². The maximum absolute atomic E-state index is 11.5. The van der Waals surface area contributed by atoms with Crippen LogP contribution >= 0.6 is 0 Å². The maximum atomic E-state index is 11.5. The molecule has 1 saturated heterocycles. The van der Waals surface area contributed by atoms with Gasteiger partial charge in [0.1, 0.15) is 6.61 Å². The van der Waals surface area contributed by atoms with Crippen molar-refractivity contribution in [2.24, 2.45) is 11.7 Å². The summed E-state index contributed by atoms with van der Waals surface area (Å²) < 4.78 is 5.04. The van der Waals surface area contributed by atoms with Gasteiger partial charge in [0.15, 0.2) is 0 Å². The predicted molar refractivity (Wildman–Crippen MR) is 55.0 cm³/mol. The zero-order valence-electron chi connectivity index (χ0n) is 9.07. The van der Waals surface area contributed by atoms with Crippen LogP contribution in [0, 0.1) is 5.92 Å². The second-order valence-electron chi connectivity index (χ2n) is 3.69. The van der Waals surface area contributed by atoms with Gasteiger partial charge in [-0.2, -0.15) is 0 Å². The van der Waals surface area contributed by atoms with Gasteiger partial charge in [0.2, 0.25) is 11.8 Å². The van der Waals surface area contributed by atoms with E-state index in [0.717, 1.165) is 0 Å². The number of amides is 2. The summed E-state index contributed by atoms with van der Waals surface area (Å²) in [5, 5.41) is 0. The van der Waals surface area contributed by atoms with Crippen LogP contribution in [0.1, 0.15) is 19.8 Å². The molecule has 0 bridgehead atoms. The summed E-state index contributed by atoms with van der Waals surface area (Å²) in [6.07, 6.45) is 1.35. The second kappa shape index (κ2) is 5.70. The molecule has 1 fully saturated rings. The zero-order valence-corrected chi connectivity index (χ0v) is 9.07. The number of carbonyl (C=O) groups is 2. The molecule has 5 nitrogen and oxygen atoms in total. The van der Waals surface area contributed by atoms with Gasteiger partial charge in [-0.05, 0) is 19.8 Å². The first-order valence-electron chi connectivity index (χ1n) is 5.30. The molecule has 0 radical (unpaired) electrons. The molecule has 1 rings (SSSR count). The first-order valence-corrected chi connectivity index (χ1v) is 5.30. The molecule has 0 saturated carbocycles. The summed E-state index contributed by atoms with van der Waals surface area (Å²) in [5.41, 5.74) is 5.20. The lowest BCUT2D eigenvalue weighted by molar-refractivity contribution is -0.139. The van der Waals surface area contributed by atoms with E-state index in [9.17, 15) is 9.59 Å². The lowest BCUT2D eigenvalue weighted by atomic mass is 9.96. The Bertz CT molecular complexity index is 235. The van der Waals surface area contributed by atoms with Crippen molar-refractivity contribution in [3.8, 4) is 0 Å². The third-order valence-electron chi connectivity index (χ3n) is 2.68. The minimum absolute atomic E-state index is 0.000213. The van der Waals surface area contributed by atoms with Crippen LogP contribution in [0.3, 0.4) is 0 Å². The van der Waals surface area contributed by atoms with E-state index in [-0.39, 0.29) is 24.3 Å². The second-order valence-corrected chi connectivity index (χ2v) is 3.69. The number of nitrogens with zero attached hydrogens (tertiary/aromatic N) is 1. The van der Waals surface area contributed by atoms with Crippen molar-refractivity contribution in [1.29, 1.82) is 0 Å². The summed E-state index contributed by atoms with van der Waals surface area (Å²) in [5.74, 6) is -0.326. The fraction of sp³-hybridized carbons (Fsp3) is 0.800. The molecule has 15 heavy (non-hydrogen) atoms. The van der Waals surface area contributed by atoms with E-state index in [1.54, 1.807) is 4.90 Å². The number of primary amides is 1. The zero-order chi connectivity index (χ0) is 11.3. The molecule has 2 N–H and O–H groups in total. The smallest absolute Gasteiger partial charge is 0.248 e. The van der Waals surface area contributed by atoms with Crippen LogP contribution in [0.15, 0.2) is 0 Å². The minimum Gasteiger partial charge on any atom is -0.372 e. The molecule has 2 amide bonds. The Morgan fingerprint density at radius 3 is 2.47 bits per heavy atom. The van der Waals surface area contributed by atoms with Crippen LogP contribution < -0.4 is 5.73 Å². The van der Waals surface area contributed by atoms with Gasteiger partial charge in [0, 0.05) is 25.6 Å². The summed E-state index contributed by atoms with van der Waals surface area (Å²) >= 11 is 0. The van der Waals surface area contributed by atoms with Crippen LogP contribution in [0.5, 0.6) is 0 Å². The lowest BCUT2D eigenvalue weighted by Crippen LogP contribution is -2.43. The summed E-state index contributed by atoms with van der Waals surface area (Å²) in [7, 11) is 0. The molecule has 0 aliphatic carbocycles. The first-order chi connectivity index (χ1) is 7.15. The Kier molecular flexibility index (Phi) is 4.55. The normalized spacial score (nSPS) is 17.8. The van der Waals surface area contributed by atoms with Crippen LogP contribution in [0.2, 0.25) is 0 Å². The minimum atomic E-state index is -0.257. The van der Waals surface area contributed by atoms with E-state index in [0.29, 0.717) is 32.5 Å². The molecule has 0 atom stereocenters. The average molecular weight is 214 g/mol. The molecule has 0 aromatic carbocycles. The Labute approximate surface area is 89.6 Å². The van der Waals surface area contributed by atoms with E-state index in [1.165, 1.54) is 0 Å². The fourth-order valence-electron chi connectivity index (χ4n) is 1.69. The quantitative estimate of drug-likeness (QED) is 0.701.